The van der Waals surface area contributed by atoms with Crippen LogP contribution in [0.25, 0.3) is 0 Å². The first-order valence-corrected chi connectivity index (χ1v) is 7.80. The van der Waals surface area contributed by atoms with Crippen molar-refractivity contribution < 1.29 is 13.9 Å². The average Bonchev–Trinajstić information content (AvgIpc) is 2.93. The number of carbonyl (C=O) groups is 1. The second-order valence-electron chi connectivity index (χ2n) is 5.68. The number of anilines is 1. The third kappa shape index (κ3) is 2.75. The number of halogens is 2. The fourth-order valence-corrected chi connectivity index (χ4v) is 2.94. The smallest absolute Gasteiger partial charge is 0.338 e. The predicted molar refractivity (Wildman–Crippen MR) is 87.1 cm³/mol. The van der Waals surface area contributed by atoms with Crippen LogP contribution >= 0.6 is 11.6 Å². The quantitative estimate of drug-likeness (QED) is 0.860. The summed E-state index contributed by atoms with van der Waals surface area (Å²) >= 11 is 6.22. The Morgan fingerprint density at radius 3 is 2.88 bits per heavy atom. The molecular formula is C16H16ClFN4O2. The summed E-state index contributed by atoms with van der Waals surface area (Å²) in [6, 6.07) is 3.51. The SMILES string of the molecule is CC1=C(C(=O)OC(C)C)[C@@H](c2c(F)cccc2Cl)n2ncnc2N1. The average molecular weight is 351 g/mol. The first-order chi connectivity index (χ1) is 11.4. The highest BCUT2D eigenvalue weighted by atomic mass is 35.5. The minimum absolute atomic E-state index is 0.155. The zero-order valence-electron chi connectivity index (χ0n) is 13.4. The van der Waals surface area contributed by atoms with Crippen molar-refractivity contribution in [2.45, 2.75) is 32.9 Å². The molecule has 8 heteroatoms. The van der Waals surface area contributed by atoms with Crippen molar-refractivity contribution >= 4 is 23.5 Å². The minimum Gasteiger partial charge on any atom is -0.459 e. The molecule has 1 N–H and O–H groups in total. The van der Waals surface area contributed by atoms with Crippen LogP contribution in [0.5, 0.6) is 0 Å². The van der Waals surface area contributed by atoms with Crippen LogP contribution in [0.2, 0.25) is 5.02 Å². The Kier molecular flexibility index (Phi) is 4.28. The molecule has 2 aromatic rings. The first kappa shape index (κ1) is 16.4. The minimum atomic E-state index is -0.858. The van der Waals surface area contributed by atoms with E-state index >= 15 is 0 Å². The number of nitrogens with zero attached hydrogens (tertiary/aromatic N) is 3. The van der Waals surface area contributed by atoms with Crippen LogP contribution in [0, 0.1) is 5.82 Å². The Hall–Kier alpha value is -2.41. The summed E-state index contributed by atoms with van der Waals surface area (Å²) in [5.41, 5.74) is 0.918. The number of ether oxygens (including phenoxy) is 1. The molecule has 1 atom stereocenters. The molecular weight excluding hydrogens is 335 g/mol. The fourth-order valence-electron chi connectivity index (χ4n) is 2.67. The Balaban J connectivity index is 2.20. The maximum Gasteiger partial charge on any atom is 0.338 e. The van der Waals surface area contributed by atoms with Gasteiger partial charge in [-0.1, -0.05) is 17.7 Å². The van der Waals surface area contributed by atoms with E-state index in [1.165, 1.54) is 23.1 Å². The summed E-state index contributed by atoms with van der Waals surface area (Å²) in [6.07, 6.45) is 1.01. The normalized spacial score (nSPS) is 16.8. The third-order valence-corrected chi connectivity index (χ3v) is 3.96. The largest absolute Gasteiger partial charge is 0.459 e. The van der Waals surface area contributed by atoms with E-state index in [1.54, 1.807) is 26.8 Å². The molecule has 1 aliphatic heterocycles. The van der Waals surface area contributed by atoms with Crippen LogP contribution in [0.4, 0.5) is 10.3 Å². The number of hydrogen-bond donors (Lipinski definition) is 1. The maximum atomic E-state index is 14.5. The molecule has 0 unspecified atom stereocenters. The molecule has 1 aliphatic rings. The van der Waals surface area contributed by atoms with Crippen LogP contribution < -0.4 is 5.32 Å². The summed E-state index contributed by atoms with van der Waals surface area (Å²) in [6.45, 7) is 5.20. The highest BCUT2D eigenvalue weighted by molar-refractivity contribution is 6.31. The maximum absolute atomic E-state index is 14.5. The molecule has 0 radical (unpaired) electrons. The molecule has 0 amide bonds. The van der Waals surface area contributed by atoms with Crippen molar-refractivity contribution in [3.63, 3.8) is 0 Å². The number of carbonyl (C=O) groups excluding carboxylic acids is 1. The van der Waals surface area contributed by atoms with Gasteiger partial charge in [-0.2, -0.15) is 10.1 Å². The van der Waals surface area contributed by atoms with Gasteiger partial charge in [0.2, 0.25) is 5.95 Å². The zero-order chi connectivity index (χ0) is 17.4. The lowest BCUT2D eigenvalue weighted by Gasteiger charge is -2.29. The van der Waals surface area contributed by atoms with Crippen LogP contribution in [0.15, 0.2) is 35.8 Å². The molecule has 24 heavy (non-hydrogen) atoms. The second kappa shape index (κ2) is 6.24. The summed E-state index contributed by atoms with van der Waals surface area (Å²) in [7, 11) is 0. The Labute approximate surface area is 143 Å². The third-order valence-electron chi connectivity index (χ3n) is 3.63. The summed E-state index contributed by atoms with van der Waals surface area (Å²) < 4.78 is 21.3. The molecule has 0 spiro atoms. The molecule has 3 rings (SSSR count). The lowest BCUT2D eigenvalue weighted by molar-refractivity contribution is -0.143. The van der Waals surface area contributed by atoms with Crippen LogP contribution in [0.3, 0.4) is 0 Å². The van der Waals surface area contributed by atoms with E-state index in [0.717, 1.165) is 0 Å². The predicted octanol–water partition coefficient (Wildman–Crippen LogP) is 3.31. The van der Waals surface area contributed by atoms with Crippen LogP contribution in [-0.2, 0) is 9.53 Å². The molecule has 0 saturated heterocycles. The lowest BCUT2D eigenvalue weighted by Crippen LogP contribution is -2.31. The number of hydrogen-bond acceptors (Lipinski definition) is 5. The van der Waals surface area contributed by atoms with Gasteiger partial charge in [-0.25, -0.2) is 13.9 Å². The van der Waals surface area contributed by atoms with Crippen LogP contribution in [0.1, 0.15) is 32.4 Å². The Morgan fingerprint density at radius 1 is 1.46 bits per heavy atom. The van der Waals surface area contributed by atoms with Gasteiger partial charge < -0.3 is 10.1 Å². The number of rotatable bonds is 3. The van der Waals surface area contributed by atoms with Crippen LogP contribution in [-0.4, -0.2) is 26.8 Å². The topological polar surface area (TPSA) is 69.0 Å². The van der Waals surface area contributed by atoms with E-state index in [9.17, 15) is 9.18 Å². The van der Waals surface area contributed by atoms with Gasteiger partial charge in [-0.15, -0.1) is 0 Å². The Bertz CT molecular complexity index is 811. The summed E-state index contributed by atoms with van der Waals surface area (Å²) in [4.78, 5) is 16.7. The number of aromatic nitrogens is 3. The monoisotopic (exact) mass is 350 g/mol. The first-order valence-electron chi connectivity index (χ1n) is 7.42. The van der Waals surface area contributed by atoms with E-state index in [-0.39, 0.29) is 22.3 Å². The van der Waals surface area contributed by atoms with Gasteiger partial charge >= 0.3 is 5.97 Å². The van der Waals surface area contributed by atoms with Gasteiger partial charge in [0, 0.05) is 16.3 Å². The molecule has 0 bridgehead atoms. The van der Waals surface area contributed by atoms with Crippen molar-refractivity contribution in [3.05, 3.63) is 52.2 Å². The van der Waals surface area contributed by atoms with Gasteiger partial charge in [0.05, 0.1) is 11.7 Å². The van der Waals surface area contributed by atoms with E-state index in [0.29, 0.717) is 11.6 Å². The van der Waals surface area contributed by atoms with E-state index in [1.807, 2.05) is 0 Å². The lowest BCUT2D eigenvalue weighted by atomic mass is 9.95. The zero-order valence-corrected chi connectivity index (χ0v) is 14.1. The van der Waals surface area contributed by atoms with Gasteiger partial charge in [-0.3, -0.25) is 0 Å². The summed E-state index contributed by atoms with van der Waals surface area (Å²) in [5, 5.41) is 7.30. The van der Waals surface area contributed by atoms with E-state index in [2.05, 4.69) is 15.4 Å². The molecule has 126 valence electrons. The second-order valence-corrected chi connectivity index (χ2v) is 6.09. The number of esters is 1. The van der Waals surface area contributed by atoms with Crippen molar-refractivity contribution in [2.24, 2.45) is 0 Å². The highest BCUT2D eigenvalue weighted by Gasteiger charge is 2.37. The molecule has 0 saturated carbocycles. The Morgan fingerprint density at radius 2 is 2.21 bits per heavy atom. The van der Waals surface area contributed by atoms with Gasteiger partial charge in [0.1, 0.15) is 18.2 Å². The van der Waals surface area contributed by atoms with Crippen molar-refractivity contribution in [2.75, 3.05) is 5.32 Å². The fraction of sp³-hybridized carbons (Fsp3) is 0.312. The standard InChI is InChI=1S/C16H16ClFN4O2/c1-8(2)24-15(23)12-9(3)21-16-19-7-20-22(16)14(12)13-10(17)5-4-6-11(13)18/h4-8,14H,1-3H3,(H,19,20,21)/t14-/m0/s1. The number of benzene rings is 1. The molecule has 1 aromatic heterocycles. The van der Waals surface area contributed by atoms with Gasteiger partial charge in [0.15, 0.2) is 0 Å². The highest BCUT2D eigenvalue weighted by Crippen LogP contribution is 2.39. The summed E-state index contributed by atoms with van der Waals surface area (Å²) in [5.74, 6) is -0.683. The van der Waals surface area contributed by atoms with E-state index in [4.69, 9.17) is 16.3 Å². The molecule has 0 aliphatic carbocycles. The molecule has 0 fully saturated rings. The number of allylic oxidation sites excluding steroid dienone is 1. The van der Waals surface area contributed by atoms with Gasteiger partial charge in [-0.05, 0) is 32.9 Å². The molecule has 6 nitrogen and oxygen atoms in total. The number of fused-ring (bicyclic) bond motifs is 1. The van der Waals surface area contributed by atoms with Crippen molar-refractivity contribution in [1.29, 1.82) is 0 Å². The number of nitrogens with one attached hydrogen (secondary N) is 1. The van der Waals surface area contributed by atoms with Crippen molar-refractivity contribution in [1.82, 2.24) is 14.8 Å². The molecule has 2 heterocycles. The molecule has 1 aromatic carbocycles. The van der Waals surface area contributed by atoms with Crippen molar-refractivity contribution in [3.8, 4) is 0 Å². The van der Waals surface area contributed by atoms with E-state index < -0.39 is 17.8 Å². The van der Waals surface area contributed by atoms with Gasteiger partial charge in [0.25, 0.3) is 0 Å².